The molecule has 1 aliphatic heterocycles. The van der Waals surface area contributed by atoms with Crippen molar-refractivity contribution < 1.29 is 9.59 Å². The maximum Gasteiger partial charge on any atom is 0.245 e. The standard InChI is InChI=1S/C13H18N2O2S/c1-2-3-11-13(17)15(8-12(16)14-11)6-4-10-5-7-18-9-10/h5,7,9,11H,2-4,6,8H2,1H3,(H,14,16). The molecule has 0 saturated carbocycles. The monoisotopic (exact) mass is 266 g/mol. The molecule has 0 spiro atoms. The van der Waals surface area contributed by atoms with Crippen LogP contribution in [0.15, 0.2) is 16.8 Å². The van der Waals surface area contributed by atoms with E-state index < -0.39 is 0 Å². The Morgan fingerprint density at radius 1 is 1.50 bits per heavy atom. The molecule has 1 atom stereocenters. The topological polar surface area (TPSA) is 49.4 Å². The first kappa shape index (κ1) is 13.1. The molecule has 1 aromatic rings. The highest BCUT2D eigenvalue weighted by molar-refractivity contribution is 7.07. The van der Waals surface area contributed by atoms with Gasteiger partial charge < -0.3 is 10.2 Å². The van der Waals surface area contributed by atoms with Gasteiger partial charge >= 0.3 is 0 Å². The zero-order valence-corrected chi connectivity index (χ0v) is 11.3. The number of piperazine rings is 1. The van der Waals surface area contributed by atoms with Gasteiger partial charge in [-0.05, 0) is 35.2 Å². The molecule has 1 aliphatic rings. The maximum atomic E-state index is 12.1. The minimum absolute atomic E-state index is 0.0432. The van der Waals surface area contributed by atoms with E-state index in [-0.39, 0.29) is 24.4 Å². The third kappa shape index (κ3) is 3.10. The Labute approximate surface area is 111 Å². The molecule has 0 radical (unpaired) electrons. The van der Waals surface area contributed by atoms with Crippen LogP contribution in [0.2, 0.25) is 0 Å². The number of nitrogens with zero attached hydrogens (tertiary/aromatic N) is 1. The van der Waals surface area contributed by atoms with Crippen molar-refractivity contribution in [1.29, 1.82) is 0 Å². The van der Waals surface area contributed by atoms with Crippen molar-refractivity contribution >= 4 is 23.2 Å². The smallest absolute Gasteiger partial charge is 0.245 e. The Morgan fingerprint density at radius 2 is 2.33 bits per heavy atom. The Bertz CT molecular complexity index is 417. The molecule has 2 heterocycles. The number of thiophene rings is 1. The average Bonchev–Trinajstić information content (AvgIpc) is 2.85. The number of hydrogen-bond donors (Lipinski definition) is 1. The predicted molar refractivity (Wildman–Crippen MR) is 71.4 cm³/mol. The van der Waals surface area contributed by atoms with Crippen LogP contribution in [-0.4, -0.2) is 35.8 Å². The third-order valence-corrected chi connectivity index (χ3v) is 3.84. The molecule has 4 nitrogen and oxygen atoms in total. The second-order valence-corrected chi connectivity index (χ2v) is 5.33. The Morgan fingerprint density at radius 3 is 3.00 bits per heavy atom. The van der Waals surface area contributed by atoms with Crippen molar-refractivity contribution in [2.45, 2.75) is 32.2 Å². The van der Waals surface area contributed by atoms with E-state index in [1.54, 1.807) is 16.2 Å². The molecule has 0 bridgehead atoms. The van der Waals surface area contributed by atoms with Crippen LogP contribution in [0, 0.1) is 0 Å². The van der Waals surface area contributed by atoms with Gasteiger partial charge in [0.15, 0.2) is 0 Å². The van der Waals surface area contributed by atoms with Crippen molar-refractivity contribution in [3.8, 4) is 0 Å². The summed E-state index contributed by atoms with van der Waals surface area (Å²) in [5, 5.41) is 6.87. The number of amides is 2. The van der Waals surface area contributed by atoms with Crippen molar-refractivity contribution in [2.24, 2.45) is 0 Å². The first-order valence-corrected chi connectivity index (χ1v) is 7.24. The van der Waals surface area contributed by atoms with E-state index in [0.717, 1.165) is 19.3 Å². The van der Waals surface area contributed by atoms with Crippen molar-refractivity contribution in [2.75, 3.05) is 13.1 Å². The lowest BCUT2D eigenvalue weighted by Gasteiger charge is -2.32. The quantitative estimate of drug-likeness (QED) is 0.876. The summed E-state index contributed by atoms with van der Waals surface area (Å²) < 4.78 is 0. The zero-order chi connectivity index (χ0) is 13.0. The van der Waals surface area contributed by atoms with Crippen LogP contribution in [0.3, 0.4) is 0 Å². The highest BCUT2D eigenvalue weighted by atomic mass is 32.1. The fraction of sp³-hybridized carbons (Fsp3) is 0.538. The fourth-order valence-corrected chi connectivity index (χ4v) is 2.85. The minimum atomic E-state index is -0.321. The van der Waals surface area contributed by atoms with E-state index in [0.29, 0.717) is 6.54 Å². The zero-order valence-electron chi connectivity index (χ0n) is 10.5. The highest BCUT2D eigenvalue weighted by Gasteiger charge is 2.31. The number of hydrogen-bond acceptors (Lipinski definition) is 3. The summed E-state index contributed by atoms with van der Waals surface area (Å²) >= 11 is 1.65. The molecule has 1 aromatic heterocycles. The van der Waals surface area contributed by atoms with Gasteiger partial charge in [-0.1, -0.05) is 13.3 Å². The molecular weight excluding hydrogens is 248 g/mol. The van der Waals surface area contributed by atoms with Crippen LogP contribution < -0.4 is 5.32 Å². The third-order valence-electron chi connectivity index (χ3n) is 3.11. The first-order valence-electron chi connectivity index (χ1n) is 6.30. The van der Waals surface area contributed by atoms with Crippen LogP contribution in [0.25, 0.3) is 0 Å². The molecule has 1 saturated heterocycles. The maximum absolute atomic E-state index is 12.1. The van der Waals surface area contributed by atoms with Gasteiger partial charge in [-0.25, -0.2) is 0 Å². The second kappa shape index (κ2) is 6.00. The van der Waals surface area contributed by atoms with E-state index >= 15 is 0 Å². The molecule has 1 fully saturated rings. The van der Waals surface area contributed by atoms with Gasteiger partial charge in [-0.2, -0.15) is 11.3 Å². The van der Waals surface area contributed by atoms with Crippen molar-refractivity contribution in [3.05, 3.63) is 22.4 Å². The van der Waals surface area contributed by atoms with Gasteiger partial charge in [0.25, 0.3) is 0 Å². The van der Waals surface area contributed by atoms with E-state index in [2.05, 4.69) is 16.8 Å². The van der Waals surface area contributed by atoms with Gasteiger partial charge in [-0.15, -0.1) is 0 Å². The second-order valence-electron chi connectivity index (χ2n) is 4.55. The number of nitrogens with one attached hydrogen (secondary N) is 1. The van der Waals surface area contributed by atoms with Crippen LogP contribution in [0.4, 0.5) is 0 Å². The highest BCUT2D eigenvalue weighted by Crippen LogP contribution is 2.11. The van der Waals surface area contributed by atoms with E-state index in [4.69, 9.17) is 0 Å². The lowest BCUT2D eigenvalue weighted by atomic mass is 10.1. The molecule has 1 N–H and O–H groups in total. The Balaban J connectivity index is 1.93. The Hall–Kier alpha value is -1.36. The number of carbonyl (C=O) groups excluding carboxylic acids is 2. The molecule has 0 aromatic carbocycles. The molecule has 1 unspecified atom stereocenters. The minimum Gasteiger partial charge on any atom is -0.343 e. The normalized spacial score (nSPS) is 20.1. The van der Waals surface area contributed by atoms with Gasteiger partial charge in [-0.3, -0.25) is 9.59 Å². The van der Waals surface area contributed by atoms with E-state index in [9.17, 15) is 9.59 Å². The molecule has 18 heavy (non-hydrogen) atoms. The summed E-state index contributed by atoms with van der Waals surface area (Å²) in [5.41, 5.74) is 1.23. The molecule has 5 heteroatoms. The summed E-state index contributed by atoms with van der Waals surface area (Å²) in [6.07, 6.45) is 2.44. The van der Waals surface area contributed by atoms with Crippen LogP contribution in [0.1, 0.15) is 25.3 Å². The predicted octanol–water partition coefficient (Wildman–Crippen LogP) is 1.42. The molecule has 98 valence electrons. The van der Waals surface area contributed by atoms with E-state index in [1.807, 2.05) is 12.3 Å². The number of carbonyl (C=O) groups is 2. The van der Waals surface area contributed by atoms with Crippen LogP contribution in [0.5, 0.6) is 0 Å². The van der Waals surface area contributed by atoms with Crippen molar-refractivity contribution in [3.63, 3.8) is 0 Å². The molecular formula is C13H18N2O2S. The summed E-state index contributed by atoms with van der Waals surface area (Å²) in [7, 11) is 0. The fourth-order valence-electron chi connectivity index (χ4n) is 2.15. The Kier molecular flexibility index (Phi) is 4.36. The lowest BCUT2D eigenvalue weighted by molar-refractivity contribution is -0.144. The van der Waals surface area contributed by atoms with E-state index in [1.165, 1.54) is 5.56 Å². The summed E-state index contributed by atoms with van der Waals surface area (Å²) in [5.74, 6) is 0.0186. The molecule has 2 rings (SSSR count). The van der Waals surface area contributed by atoms with Gasteiger partial charge in [0.05, 0.1) is 6.54 Å². The number of rotatable bonds is 5. The SMILES string of the molecule is CCCC1NC(=O)CN(CCc2ccsc2)C1=O. The summed E-state index contributed by atoms with van der Waals surface area (Å²) in [6, 6.07) is 1.74. The van der Waals surface area contributed by atoms with Gasteiger partial charge in [0, 0.05) is 6.54 Å². The largest absolute Gasteiger partial charge is 0.343 e. The summed E-state index contributed by atoms with van der Waals surface area (Å²) in [6.45, 7) is 2.84. The molecule has 0 aliphatic carbocycles. The van der Waals surface area contributed by atoms with Crippen LogP contribution >= 0.6 is 11.3 Å². The van der Waals surface area contributed by atoms with Crippen molar-refractivity contribution in [1.82, 2.24) is 10.2 Å². The van der Waals surface area contributed by atoms with Gasteiger partial charge in [0.1, 0.15) is 6.04 Å². The van der Waals surface area contributed by atoms with Crippen LogP contribution in [-0.2, 0) is 16.0 Å². The average molecular weight is 266 g/mol. The van der Waals surface area contributed by atoms with Gasteiger partial charge in [0.2, 0.25) is 11.8 Å². The first-order chi connectivity index (χ1) is 8.70. The molecule has 2 amide bonds. The summed E-state index contributed by atoms with van der Waals surface area (Å²) in [4.78, 5) is 25.4. The lowest BCUT2D eigenvalue weighted by Crippen LogP contribution is -2.58.